The zero-order valence-electron chi connectivity index (χ0n) is 12.5. The Morgan fingerprint density at radius 2 is 1.72 bits per heavy atom. The van der Waals surface area contributed by atoms with Crippen LogP contribution in [0.5, 0.6) is 0 Å². The fourth-order valence-corrected chi connectivity index (χ4v) is 1.61. The third-order valence-corrected chi connectivity index (χ3v) is 2.68. The summed E-state index contributed by atoms with van der Waals surface area (Å²) in [4.78, 5) is 6.91. The van der Waals surface area contributed by atoms with Gasteiger partial charge in [-0.1, -0.05) is 20.8 Å². The maximum atomic E-state index is 4.47. The Kier molecular flexibility index (Phi) is 16.9. The minimum Gasteiger partial charge on any atom is -0.357 e. The van der Waals surface area contributed by atoms with E-state index in [9.17, 15) is 0 Å². The van der Waals surface area contributed by atoms with Crippen molar-refractivity contribution in [1.29, 1.82) is 0 Å². The standard InChI is InChI=1S/C13H30N4.HI/c1-5-10-15-13(14-6-2)16-11-9-12-17(7-3)8-4;/h5-12H2,1-4H3,(H2,14,15,16);1H. The zero-order chi connectivity index (χ0) is 12.9. The van der Waals surface area contributed by atoms with Crippen molar-refractivity contribution in [3.8, 4) is 0 Å². The largest absolute Gasteiger partial charge is 0.357 e. The molecule has 0 aromatic carbocycles. The average molecular weight is 370 g/mol. The first-order chi connectivity index (χ1) is 8.28. The summed E-state index contributed by atoms with van der Waals surface area (Å²) in [6, 6.07) is 0. The molecule has 0 unspecified atom stereocenters. The van der Waals surface area contributed by atoms with Crippen molar-refractivity contribution in [3.63, 3.8) is 0 Å². The van der Waals surface area contributed by atoms with Gasteiger partial charge in [-0.15, -0.1) is 24.0 Å². The first kappa shape index (κ1) is 20.3. The van der Waals surface area contributed by atoms with Gasteiger partial charge in [0.05, 0.1) is 0 Å². The second-order valence-corrected chi connectivity index (χ2v) is 4.07. The molecular weight excluding hydrogens is 339 g/mol. The van der Waals surface area contributed by atoms with Crippen molar-refractivity contribution in [2.75, 3.05) is 39.3 Å². The lowest BCUT2D eigenvalue weighted by Crippen LogP contribution is -2.38. The minimum atomic E-state index is 0. The van der Waals surface area contributed by atoms with E-state index in [-0.39, 0.29) is 24.0 Å². The van der Waals surface area contributed by atoms with E-state index >= 15 is 0 Å². The van der Waals surface area contributed by atoms with Gasteiger partial charge in [0.2, 0.25) is 0 Å². The molecule has 0 aliphatic heterocycles. The van der Waals surface area contributed by atoms with E-state index in [0.717, 1.165) is 58.1 Å². The second kappa shape index (κ2) is 15.0. The number of guanidine groups is 1. The van der Waals surface area contributed by atoms with E-state index in [1.165, 1.54) is 0 Å². The van der Waals surface area contributed by atoms with Gasteiger partial charge in [-0.3, -0.25) is 4.99 Å². The van der Waals surface area contributed by atoms with Crippen LogP contribution in [0.3, 0.4) is 0 Å². The maximum Gasteiger partial charge on any atom is 0.191 e. The summed E-state index contributed by atoms with van der Waals surface area (Å²) in [6.45, 7) is 14.9. The number of nitrogens with zero attached hydrogens (tertiary/aromatic N) is 2. The van der Waals surface area contributed by atoms with Crippen LogP contribution in [0.4, 0.5) is 0 Å². The summed E-state index contributed by atoms with van der Waals surface area (Å²) in [6.07, 6.45) is 2.26. The summed E-state index contributed by atoms with van der Waals surface area (Å²) in [5.74, 6) is 0.953. The van der Waals surface area contributed by atoms with Gasteiger partial charge in [-0.25, -0.2) is 0 Å². The molecule has 0 atom stereocenters. The SMILES string of the molecule is CCCN=C(NCC)NCCCN(CC)CC.I. The quantitative estimate of drug-likeness (QED) is 0.283. The first-order valence-corrected chi connectivity index (χ1v) is 7.02. The summed E-state index contributed by atoms with van der Waals surface area (Å²) >= 11 is 0. The minimum absolute atomic E-state index is 0. The molecule has 2 N–H and O–H groups in total. The molecule has 0 aromatic rings. The number of hydrogen-bond acceptors (Lipinski definition) is 2. The van der Waals surface area contributed by atoms with Crippen molar-refractivity contribution in [1.82, 2.24) is 15.5 Å². The highest BCUT2D eigenvalue weighted by molar-refractivity contribution is 14.0. The van der Waals surface area contributed by atoms with Gasteiger partial charge >= 0.3 is 0 Å². The van der Waals surface area contributed by atoms with E-state index in [4.69, 9.17) is 0 Å². The third kappa shape index (κ3) is 11.1. The third-order valence-electron chi connectivity index (χ3n) is 2.68. The summed E-state index contributed by atoms with van der Waals surface area (Å²) in [5.41, 5.74) is 0. The number of rotatable bonds is 9. The normalized spacial score (nSPS) is 11.3. The monoisotopic (exact) mass is 370 g/mol. The number of aliphatic imine (C=N–C) groups is 1. The average Bonchev–Trinajstić information content (AvgIpc) is 2.36. The molecule has 110 valence electrons. The highest BCUT2D eigenvalue weighted by Crippen LogP contribution is 1.89. The Morgan fingerprint density at radius 1 is 1.06 bits per heavy atom. The van der Waals surface area contributed by atoms with Crippen LogP contribution in [-0.2, 0) is 0 Å². The molecular formula is C13H31IN4. The van der Waals surface area contributed by atoms with Gasteiger partial charge in [-0.2, -0.15) is 0 Å². The molecule has 0 amide bonds. The van der Waals surface area contributed by atoms with Gasteiger partial charge < -0.3 is 15.5 Å². The van der Waals surface area contributed by atoms with Crippen LogP contribution in [0, 0.1) is 0 Å². The molecule has 0 bridgehead atoms. The van der Waals surface area contributed by atoms with Gasteiger partial charge in [-0.05, 0) is 39.4 Å². The number of nitrogens with one attached hydrogen (secondary N) is 2. The summed E-state index contributed by atoms with van der Waals surface area (Å²) in [5, 5.41) is 6.63. The summed E-state index contributed by atoms with van der Waals surface area (Å²) in [7, 11) is 0. The Bertz CT molecular complexity index is 193. The molecule has 0 fully saturated rings. The van der Waals surface area contributed by atoms with Crippen molar-refractivity contribution >= 4 is 29.9 Å². The molecule has 0 rings (SSSR count). The highest BCUT2D eigenvalue weighted by atomic mass is 127. The molecule has 0 saturated heterocycles. The zero-order valence-corrected chi connectivity index (χ0v) is 14.8. The Balaban J connectivity index is 0. The second-order valence-electron chi connectivity index (χ2n) is 4.07. The lowest BCUT2D eigenvalue weighted by Gasteiger charge is -2.18. The number of halogens is 1. The van der Waals surface area contributed by atoms with Crippen LogP contribution in [-0.4, -0.2) is 50.1 Å². The molecule has 5 heteroatoms. The Morgan fingerprint density at radius 3 is 2.22 bits per heavy atom. The molecule has 0 saturated carbocycles. The molecule has 4 nitrogen and oxygen atoms in total. The Labute approximate surface area is 130 Å². The van der Waals surface area contributed by atoms with Gasteiger partial charge in [0.25, 0.3) is 0 Å². The highest BCUT2D eigenvalue weighted by Gasteiger charge is 1.99. The predicted octanol–water partition coefficient (Wildman–Crippen LogP) is 2.30. The van der Waals surface area contributed by atoms with Crippen molar-refractivity contribution in [2.24, 2.45) is 4.99 Å². The lowest BCUT2D eigenvalue weighted by molar-refractivity contribution is 0.300. The van der Waals surface area contributed by atoms with E-state index in [1.807, 2.05) is 0 Å². The van der Waals surface area contributed by atoms with Crippen molar-refractivity contribution in [2.45, 2.75) is 40.5 Å². The van der Waals surface area contributed by atoms with Crippen LogP contribution in [0.25, 0.3) is 0 Å². The number of hydrogen-bond donors (Lipinski definition) is 2. The fraction of sp³-hybridized carbons (Fsp3) is 0.923. The molecule has 0 aliphatic carbocycles. The molecule has 18 heavy (non-hydrogen) atoms. The van der Waals surface area contributed by atoms with E-state index in [1.54, 1.807) is 0 Å². The van der Waals surface area contributed by atoms with Gasteiger partial charge in [0, 0.05) is 19.6 Å². The first-order valence-electron chi connectivity index (χ1n) is 7.02. The lowest BCUT2D eigenvalue weighted by atomic mass is 10.3. The smallest absolute Gasteiger partial charge is 0.191 e. The molecule has 0 heterocycles. The Hall–Kier alpha value is -0.0400. The molecule has 0 aliphatic rings. The van der Waals surface area contributed by atoms with Gasteiger partial charge in [0.1, 0.15) is 0 Å². The van der Waals surface area contributed by atoms with E-state index in [2.05, 4.69) is 48.2 Å². The van der Waals surface area contributed by atoms with Crippen molar-refractivity contribution in [3.05, 3.63) is 0 Å². The van der Waals surface area contributed by atoms with Crippen molar-refractivity contribution < 1.29 is 0 Å². The molecule has 0 aromatic heterocycles. The van der Waals surface area contributed by atoms with Crippen LogP contribution in [0.1, 0.15) is 40.5 Å². The topological polar surface area (TPSA) is 39.7 Å². The van der Waals surface area contributed by atoms with Crippen LogP contribution in [0.2, 0.25) is 0 Å². The predicted molar refractivity (Wildman–Crippen MR) is 92.1 cm³/mol. The van der Waals surface area contributed by atoms with Crippen LogP contribution >= 0.6 is 24.0 Å². The van der Waals surface area contributed by atoms with Crippen LogP contribution in [0.15, 0.2) is 4.99 Å². The van der Waals surface area contributed by atoms with Crippen LogP contribution < -0.4 is 10.6 Å². The fourth-order valence-electron chi connectivity index (χ4n) is 1.61. The molecule has 0 radical (unpaired) electrons. The van der Waals surface area contributed by atoms with E-state index < -0.39 is 0 Å². The molecule has 0 spiro atoms. The summed E-state index contributed by atoms with van der Waals surface area (Å²) < 4.78 is 0. The van der Waals surface area contributed by atoms with E-state index in [0.29, 0.717) is 0 Å². The maximum absolute atomic E-state index is 4.47. The van der Waals surface area contributed by atoms with Gasteiger partial charge in [0.15, 0.2) is 5.96 Å².